The number of alkyl halides is 7. The number of carboxylic acid groups (broad SMARTS) is 1. The minimum atomic E-state index is -5.22. The molecule has 2 N–H and O–H groups in total. The van der Waals surface area contributed by atoms with Crippen molar-refractivity contribution < 1.29 is 68.1 Å². The molecule has 278 valence electrons. The van der Waals surface area contributed by atoms with Crippen molar-refractivity contribution in [2.24, 2.45) is 5.92 Å². The minimum absolute atomic E-state index is 0.0783. The molecule has 0 aliphatic carbocycles. The Morgan fingerprint density at radius 3 is 2.04 bits per heavy atom. The lowest BCUT2D eigenvalue weighted by Gasteiger charge is -2.37. The summed E-state index contributed by atoms with van der Waals surface area (Å²) >= 11 is 0. The molecule has 0 aliphatic heterocycles. The molecule has 0 aromatic heterocycles. The first-order chi connectivity index (χ1) is 24.3. The highest BCUT2D eigenvalue weighted by Gasteiger charge is 2.45. The van der Waals surface area contributed by atoms with Crippen LogP contribution in [0.3, 0.4) is 0 Å². The van der Waals surface area contributed by atoms with E-state index in [0.717, 1.165) is 36.4 Å². The Morgan fingerprint density at radius 1 is 0.788 bits per heavy atom. The van der Waals surface area contributed by atoms with Crippen LogP contribution in [0, 0.1) is 23.4 Å². The third-order valence-electron chi connectivity index (χ3n) is 7.93. The van der Waals surface area contributed by atoms with Gasteiger partial charge in [0.05, 0.1) is 23.6 Å². The van der Waals surface area contributed by atoms with Crippen LogP contribution in [0.4, 0.5) is 43.9 Å². The number of aliphatic carboxylic acids is 1. The van der Waals surface area contributed by atoms with Gasteiger partial charge >= 0.3 is 24.7 Å². The van der Waals surface area contributed by atoms with Gasteiger partial charge in [0.2, 0.25) is 0 Å². The van der Waals surface area contributed by atoms with Gasteiger partial charge in [-0.1, -0.05) is 31.2 Å². The van der Waals surface area contributed by atoms with Gasteiger partial charge in [-0.15, -0.1) is 0 Å². The molecule has 0 aliphatic rings. The van der Waals surface area contributed by atoms with Gasteiger partial charge in [-0.2, -0.15) is 30.7 Å². The number of hydrogen-bond donors (Lipinski definition) is 2. The van der Waals surface area contributed by atoms with Crippen LogP contribution >= 0.6 is 0 Å². The fourth-order valence-corrected chi connectivity index (χ4v) is 5.23. The number of ether oxygens (including phenoxy) is 2. The van der Waals surface area contributed by atoms with Crippen molar-refractivity contribution in [1.29, 1.82) is 0 Å². The van der Waals surface area contributed by atoms with E-state index in [4.69, 9.17) is 9.84 Å². The van der Waals surface area contributed by atoms with Crippen molar-refractivity contribution in [2.45, 2.75) is 50.4 Å². The van der Waals surface area contributed by atoms with Gasteiger partial charge in [-0.25, -0.2) is 13.2 Å². The number of nitrogens with one attached hydrogen (secondary N) is 1. The Bertz CT molecular complexity index is 1870. The summed E-state index contributed by atoms with van der Waals surface area (Å²) in [6.07, 6.45) is -14.4. The molecule has 0 heterocycles. The summed E-state index contributed by atoms with van der Waals surface area (Å²) in [6, 6.07) is 13.0. The molecule has 0 fully saturated rings. The molecule has 2 unspecified atom stereocenters. The van der Waals surface area contributed by atoms with E-state index in [1.54, 1.807) is 0 Å². The van der Waals surface area contributed by atoms with Crippen LogP contribution < -0.4 is 14.8 Å². The molecule has 4 rings (SSSR count). The summed E-state index contributed by atoms with van der Waals surface area (Å²) in [6.45, 7) is 1.67. The number of halogens is 10. The zero-order valence-corrected chi connectivity index (χ0v) is 26.9. The molecule has 0 radical (unpaired) electrons. The van der Waals surface area contributed by atoms with Crippen molar-refractivity contribution in [3.05, 3.63) is 130 Å². The molecule has 0 saturated carbocycles. The maximum atomic E-state index is 15.1. The molecule has 0 spiro atoms. The summed E-state index contributed by atoms with van der Waals surface area (Å²) in [5.74, 6) is -7.51. The van der Waals surface area contributed by atoms with E-state index in [9.17, 15) is 49.1 Å². The average molecular weight is 746 g/mol. The second kappa shape index (κ2) is 15.9. The van der Waals surface area contributed by atoms with Gasteiger partial charge in [0, 0.05) is 18.1 Å². The highest BCUT2D eigenvalue weighted by molar-refractivity contribution is 5.95. The van der Waals surface area contributed by atoms with E-state index in [-0.39, 0.29) is 23.8 Å². The number of benzene rings is 4. The van der Waals surface area contributed by atoms with Crippen LogP contribution in [0.1, 0.15) is 52.4 Å². The van der Waals surface area contributed by atoms with E-state index in [1.165, 1.54) is 31.2 Å². The molecule has 2 atom stereocenters. The second-order valence-electron chi connectivity index (χ2n) is 11.7. The smallest absolute Gasteiger partial charge is 0.461 e. The Kier molecular flexibility index (Phi) is 12.1. The van der Waals surface area contributed by atoms with Gasteiger partial charge in [-0.3, -0.25) is 9.59 Å². The van der Waals surface area contributed by atoms with E-state index in [2.05, 4.69) is 10.1 Å². The molecule has 4 aromatic carbocycles. The van der Waals surface area contributed by atoms with Gasteiger partial charge in [0.1, 0.15) is 29.0 Å². The Hall–Kier alpha value is -5.28. The number of hydrogen-bond acceptors (Lipinski definition) is 4. The van der Waals surface area contributed by atoms with E-state index >= 15 is 4.39 Å². The molecule has 0 saturated heterocycles. The summed E-state index contributed by atoms with van der Waals surface area (Å²) in [5.41, 5.74) is -4.96. The predicted molar refractivity (Wildman–Crippen MR) is 166 cm³/mol. The third kappa shape index (κ3) is 9.73. The zero-order valence-electron chi connectivity index (χ0n) is 26.9. The SMILES string of the molecule is CC(CCCOc1ccc(CC(NC(=O)c2ccc(F)c(C(F)(F)F)c2)(c2ccc(F)cc2)c2cc(F)cc(OC(F)(F)C(F)F)c2)cc1)C(=O)O. The standard InChI is InChI=1S/C36H29F10NO5/c1-20(32(49)50)3-2-14-51-27-11-4-21(5-12-27)19-34(23-7-9-25(37)10-8-23,24-16-26(38)18-28(17-24)52-36(45,46)33(40)41)47-31(48)22-6-13-30(39)29(15-22)35(42,43)44/h4-13,15-18,20,33H,2-3,14,19H2,1H3,(H,47,48)(H,49,50). The summed E-state index contributed by atoms with van der Waals surface area (Å²) in [7, 11) is 0. The number of amides is 1. The van der Waals surface area contributed by atoms with E-state index < -0.39 is 88.4 Å². The number of rotatable bonds is 15. The lowest BCUT2D eigenvalue weighted by Crippen LogP contribution is -2.49. The summed E-state index contributed by atoms with van der Waals surface area (Å²) < 4.78 is 148. The lowest BCUT2D eigenvalue weighted by atomic mass is 9.77. The van der Waals surface area contributed by atoms with Crippen molar-refractivity contribution in [1.82, 2.24) is 5.32 Å². The maximum Gasteiger partial charge on any atom is 0.461 e. The molecule has 16 heteroatoms. The van der Waals surface area contributed by atoms with Crippen LogP contribution in [0.15, 0.2) is 84.9 Å². The molecule has 52 heavy (non-hydrogen) atoms. The quantitative estimate of drug-likeness (QED) is 0.0937. The van der Waals surface area contributed by atoms with Crippen LogP contribution in [0.5, 0.6) is 11.5 Å². The summed E-state index contributed by atoms with van der Waals surface area (Å²) in [5, 5.41) is 11.5. The highest BCUT2D eigenvalue weighted by Crippen LogP contribution is 2.39. The number of carbonyl (C=O) groups excluding carboxylic acids is 1. The van der Waals surface area contributed by atoms with E-state index in [1.807, 2.05) is 0 Å². The van der Waals surface area contributed by atoms with Crippen molar-refractivity contribution in [3.8, 4) is 11.5 Å². The van der Waals surface area contributed by atoms with Crippen LogP contribution in [-0.4, -0.2) is 36.1 Å². The molecule has 0 bridgehead atoms. The van der Waals surface area contributed by atoms with Crippen LogP contribution in [0.2, 0.25) is 0 Å². The third-order valence-corrected chi connectivity index (χ3v) is 7.93. The number of carbonyl (C=O) groups is 2. The first kappa shape index (κ1) is 39.5. The minimum Gasteiger partial charge on any atom is -0.494 e. The normalized spacial score (nSPS) is 13.7. The fourth-order valence-electron chi connectivity index (χ4n) is 5.23. The Labute approximate surface area is 290 Å². The van der Waals surface area contributed by atoms with Gasteiger partial charge in [-0.05, 0) is 84.1 Å². The van der Waals surface area contributed by atoms with Gasteiger partial charge in [0.25, 0.3) is 5.91 Å². The van der Waals surface area contributed by atoms with Crippen molar-refractivity contribution >= 4 is 11.9 Å². The zero-order chi connectivity index (χ0) is 38.4. The molecule has 4 aromatic rings. The van der Waals surface area contributed by atoms with Crippen molar-refractivity contribution in [2.75, 3.05) is 6.61 Å². The lowest BCUT2D eigenvalue weighted by molar-refractivity contribution is -0.253. The number of carboxylic acids is 1. The van der Waals surface area contributed by atoms with Crippen molar-refractivity contribution in [3.63, 3.8) is 0 Å². The first-order valence-corrected chi connectivity index (χ1v) is 15.4. The monoisotopic (exact) mass is 745 g/mol. The largest absolute Gasteiger partial charge is 0.494 e. The maximum absolute atomic E-state index is 15.1. The summed E-state index contributed by atoms with van der Waals surface area (Å²) in [4.78, 5) is 24.8. The molecular weight excluding hydrogens is 716 g/mol. The average Bonchev–Trinajstić information content (AvgIpc) is 3.06. The molecular formula is C36H29F10NO5. The molecule has 6 nitrogen and oxygen atoms in total. The van der Waals surface area contributed by atoms with Gasteiger partial charge < -0.3 is 19.9 Å². The predicted octanol–water partition coefficient (Wildman–Crippen LogP) is 9.16. The molecule has 1 amide bonds. The topological polar surface area (TPSA) is 84.9 Å². The van der Waals surface area contributed by atoms with Crippen LogP contribution in [-0.2, 0) is 22.9 Å². The first-order valence-electron chi connectivity index (χ1n) is 15.4. The van der Waals surface area contributed by atoms with Gasteiger partial charge in [0.15, 0.2) is 0 Å². The van der Waals surface area contributed by atoms with Crippen LogP contribution in [0.25, 0.3) is 0 Å². The Balaban J connectivity index is 1.84. The van der Waals surface area contributed by atoms with E-state index in [0.29, 0.717) is 36.8 Å². The highest BCUT2D eigenvalue weighted by atomic mass is 19.4. The fraction of sp³-hybridized carbons (Fsp3) is 0.278. The second-order valence-corrected chi connectivity index (χ2v) is 11.7. The Morgan fingerprint density at radius 2 is 1.44 bits per heavy atom.